The molecule has 0 aliphatic carbocycles. The van der Waals surface area contributed by atoms with Gasteiger partial charge >= 0.3 is 0 Å². The van der Waals surface area contributed by atoms with Crippen LogP contribution in [0.25, 0.3) is 0 Å². The number of nitrogens with zero attached hydrogens (tertiary/aromatic N) is 1. The molecule has 1 saturated heterocycles. The van der Waals surface area contributed by atoms with Gasteiger partial charge in [-0.05, 0) is 48.4 Å². The Morgan fingerprint density at radius 1 is 1.19 bits per heavy atom. The Labute approximate surface area is 167 Å². The quantitative estimate of drug-likeness (QED) is 0.807. The molecule has 2 atom stereocenters. The molecule has 4 nitrogen and oxygen atoms in total. The molecule has 1 aliphatic rings. The van der Waals surface area contributed by atoms with E-state index < -0.39 is 6.04 Å². The Balaban J connectivity index is 1.93. The predicted molar refractivity (Wildman–Crippen MR) is 106 cm³/mol. The third kappa shape index (κ3) is 4.45. The Bertz CT molecular complexity index is 814. The standard InChI is InChI=1S/C20H20ClFN2O2S/c1-2-11-23-18(25)17-12-27-20(14-5-9-16(22)10-6-14)24(17)19(26)13-3-7-15(21)8-4-13/h3-10,17,20H,2,11-12H2,1H3,(H,23,25)/t17-,20-/m0/s1. The van der Waals surface area contributed by atoms with Gasteiger partial charge in [0.15, 0.2) is 0 Å². The molecule has 1 fully saturated rings. The van der Waals surface area contributed by atoms with Gasteiger partial charge in [-0.1, -0.05) is 30.7 Å². The second-order valence-corrected chi connectivity index (χ2v) is 7.81. The third-order valence-corrected chi connectivity index (χ3v) is 5.91. The largest absolute Gasteiger partial charge is 0.354 e. The molecule has 2 aromatic rings. The first-order chi connectivity index (χ1) is 13.0. The van der Waals surface area contributed by atoms with Crippen molar-refractivity contribution in [1.82, 2.24) is 10.2 Å². The summed E-state index contributed by atoms with van der Waals surface area (Å²) in [4.78, 5) is 27.4. The molecule has 0 saturated carbocycles. The summed E-state index contributed by atoms with van der Waals surface area (Å²) < 4.78 is 13.3. The maximum atomic E-state index is 13.3. The van der Waals surface area contributed by atoms with E-state index in [0.29, 0.717) is 22.9 Å². The fraction of sp³-hybridized carbons (Fsp3) is 0.300. The van der Waals surface area contributed by atoms with Crippen molar-refractivity contribution in [2.45, 2.75) is 24.8 Å². The summed E-state index contributed by atoms with van der Waals surface area (Å²) in [7, 11) is 0. The zero-order chi connectivity index (χ0) is 19.4. The van der Waals surface area contributed by atoms with E-state index in [1.54, 1.807) is 41.3 Å². The molecule has 7 heteroatoms. The smallest absolute Gasteiger partial charge is 0.255 e. The average molecular weight is 407 g/mol. The van der Waals surface area contributed by atoms with Crippen molar-refractivity contribution >= 4 is 35.2 Å². The van der Waals surface area contributed by atoms with Crippen LogP contribution in [0.3, 0.4) is 0 Å². The zero-order valence-corrected chi connectivity index (χ0v) is 16.4. The lowest BCUT2D eigenvalue weighted by Crippen LogP contribution is -2.48. The average Bonchev–Trinajstić information content (AvgIpc) is 3.12. The first-order valence-electron chi connectivity index (χ1n) is 8.74. The molecule has 0 radical (unpaired) electrons. The second-order valence-electron chi connectivity index (χ2n) is 6.26. The number of nitrogens with one attached hydrogen (secondary N) is 1. The van der Waals surface area contributed by atoms with Gasteiger partial charge in [0.05, 0.1) is 0 Å². The fourth-order valence-electron chi connectivity index (χ4n) is 2.95. The van der Waals surface area contributed by atoms with Crippen LogP contribution in [-0.2, 0) is 4.79 Å². The lowest BCUT2D eigenvalue weighted by molar-refractivity contribution is -0.124. The molecular weight excluding hydrogens is 387 g/mol. The van der Waals surface area contributed by atoms with Crippen LogP contribution >= 0.6 is 23.4 Å². The van der Waals surface area contributed by atoms with Crippen molar-refractivity contribution in [3.05, 3.63) is 70.5 Å². The van der Waals surface area contributed by atoms with E-state index in [2.05, 4.69) is 5.32 Å². The van der Waals surface area contributed by atoms with Gasteiger partial charge in [0.25, 0.3) is 5.91 Å². The van der Waals surface area contributed by atoms with Crippen molar-refractivity contribution in [1.29, 1.82) is 0 Å². The normalized spacial score (nSPS) is 19.1. The van der Waals surface area contributed by atoms with Crippen molar-refractivity contribution < 1.29 is 14.0 Å². The maximum absolute atomic E-state index is 13.3. The molecule has 1 aliphatic heterocycles. The van der Waals surface area contributed by atoms with Crippen LogP contribution in [0.2, 0.25) is 5.02 Å². The van der Waals surface area contributed by atoms with E-state index in [0.717, 1.165) is 12.0 Å². The predicted octanol–water partition coefficient (Wildman–Crippen LogP) is 4.26. The molecule has 2 aromatic carbocycles. The lowest BCUT2D eigenvalue weighted by atomic mass is 10.1. The molecule has 3 rings (SSSR count). The molecule has 142 valence electrons. The minimum absolute atomic E-state index is 0.170. The number of amides is 2. The van der Waals surface area contributed by atoms with Crippen LogP contribution in [0.15, 0.2) is 48.5 Å². The molecule has 2 amide bonds. The molecule has 1 heterocycles. The van der Waals surface area contributed by atoms with Gasteiger partial charge in [-0.15, -0.1) is 11.8 Å². The van der Waals surface area contributed by atoms with Gasteiger partial charge < -0.3 is 10.2 Å². The van der Waals surface area contributed by atoms with Crippen LogP contribution in [0, 0.1) is 5.82 Å². The Morgan fingerprint density at radius 2 is 1.85 bits per heavy atom. The number of carbonyl (C=O) groups excluding carboxylic acids is 2. The Hall–Kier alpha value is -2.05. The number of hydrogen-bond donors (Lipinski definition) is 1. The second kappa shape index (κ2) is 8.76. The summed E-state index contributed by atoms with van der Waals surface area (Å²) in [5, 5.41) is 3.05. The summed E-state index contributed by atoms with van der Waals surface area (Å²) in [6.07, 6.45) is 0.818. The summed E-state index contributed by atoms with van der Waals surface area (Å²) in [5.41, 5.74) is 1.25. The number of halogens is 2. The summed E-state index contributed by atoms with van der Waals surface area (Å²) in [5.74, 6) is -0.273. The Kier molecular flexibility index (Phi) is 6.39. The monoisotopic (exact) mass is 406 g/mol. The SMILES string of the molecule is CCCNC(=O)[C@@H]1CS[C@@H](c2ccc(F)cc2)N1C(=O)c1ccc(Cl)cc1. The van der Waals surface area contributed by atoms with Crippen molar-refractivity contribution in [3.63, 3.8) is 0 Å². The van der Waals surface area contributed by atoms with Crippen LogP contribution < -0.4 is 5.32 Å². The van der Waals surface area contributed by atoms with Gasteiger partial charge in [0.1, 0.15) is 17.2 Å². The Morgan fingerprint density at radius 3 is 2.48 bits per heavy atom. The number of thioether (sulfide) groups is 1. The van der Waals surface area contributed by atoms with E-state index in [1.807, 2.05) is 6.92 Å². The van der Waals surface area contributed by atoms with Gasteiger partial charge in [-0.2, -0.15) is 0 Å². The fourth-order valence-corrected chi connectivity index (χ4v) is 4.50. The van der Waals surface area contributed by atoms with Crippen LogP contribution in [0.5, 0.6) is 0 Å². The summed E-state index contributed by atoms with van der Waals surface area (Å²) in [6.45, 7) is 2.53. The summed E-state index contributed by atoms with van der Waals surface area (Å²) >= 11 is 7.42. The molecule has 27 heavy (non-hydrogen) atoms. The highest BCUT2D eigenvalue weighted by molar-refractivity contribution is 7.99. The van der Waals surface area contributed by atoms with Gasteiger partial charge in [0.2, 0.25) is 5.91 Å². The van der Waals surface area contributed by atoms with Gasteiger partial charge in [0, 0.05) is 22.9 Å². The first kappa shape index (κ1) is 19.7. The molecule has 1 N–H and O–H groups in total. The number of carbonyl (C=O) groups is 2. The molecule has 0 spiro atoms. The van der Waals surface area contributed by atoms with E-state index in [9.17, 15) is 14.0 Å². The van der Waals surface area contributed by atoms with Crippen LogP contribution in [0.1, 0.15) is 34.6 Å². The van der Waals surface area contributed by atoms with Gasteiger partial charge in [-0.25, -0.2) is 4.39 Å². The molecule has 0 bridgehead atoms. The molecule has 0 unspecified atom stereocenters. The first-order valence-corrected chi connectivity index (χ1v) is 10.2. The highest BCUT2D eigenvalue weighted by Gasteiger charge is 2.42. The minimum Gasteiger partial charge on any atom is -0.354 e. The maximum Gasteiger partial charge on any atom is 0.255 e. The van der Waals surface area contributed by atoms with Crippen molar-refractivity contribution in [2.75, 3.05) is 12.3 Å². The highest BCUT2D eigenvalue weighted by atomic mass is 35.5. The van der Waals surface area contributed by atoms with Crippen LogP contribution in [0.4, 0.5) is 4.39 Å². The lowest BCUT2D eigenvalue weighted by Gasteiger charge is -2.29. The molecular formula is C20H20ClFN2O2S. The topological polar surface area (TPSA) is 49.4 Å². The molecule has 0 aromatic heterocycles. The summed E-state index contributed by atoms with van der Waals surface area (Å²) in [6, 6.07) is 12.1. The van der Waals surface area contributed by atoms with E-state index in [-0.39, 0.29) is 23.0 Å². The minimum atomic E-state index is -0.584. The number of benzene rings is 2. The number of rotatable bonds is 5. The van der Waals surface area contributed by atoms with E-state index in [4.69, 9.17) is 11.6 Å². The van der Waals surface area contributed by atoms with Crippen LogP contribution in [-0.4, -0.2) is 35.1 Å². The van der Waals surface area contributed by atoms with E-state index in [1.165, 1.54) is 23.9 Å². The van der Waals surface area contributed by atoms with Crippen molar-refractivity contribution in [2.24, 2.45) is 0 Å². The van der Waals surface area contributed by atoms with Gasteiger partial charge in [-0.3, -0.25) is 9.59 Å². The van der Waals surface area contributed by atoms with E-state index >= 15 is 0 Å². The van der Waals surface area contributed by atoms with Crippen molar-refractivity contribution in [3.8, 4) is 0 Å². The third-order valence-electron chi connectivity index (χ3n) is 4.33. The zero-order valence-electron chi connectivity index (χ0n) is 14.8. The number of hydrogen-bond acceptors (Lipinski definition) is 3. The highest BCUT2D eigenvalue weighted by Crippen LogP contribution is 2.42.